The van der Waals surface area contributed by atoms with Crippen LogP contribution in [-0.2, 0) is 11.2 Å². The van der Waals surface area contributed by atoms with Gasteiger partial charge in [0, 0.05) is 24.9 Å². The Labute approximate surface area is 148 Å². The lowest BCUT2D eigenvalue weighted by Crippen LogP contribution is -2.46. The number of hydrogen-bond donors (Lipinski definition) is 3. The number of nitriles is 1. The van der Waals surface area contributed by atoms with Crippen molar-refractivity contribution < 1.29 is 14.7 Å². The van der Waals surface area contributed by atoms with Crippen molar-refractivity contribution in [1.82, 2.24) is 10.6 Å². The Bertz CT molecular complexity index is 612. The number of carboxylic acid groups (broad SMARTS) is 1. The minimum atomic E-state index is -0.865. The number of rotatable bonds is 8. The van der Waals surface area contributed by atoms with E-state index in [2.05, 4.69) is 16.7 Å². The first-order valence-electron chi connectivity index (χ1n) is 8.76. The molecule has 0 aromatic heterocycles. The van der Waals surface area contributed by atoms with Crippen LogP contribution in [0, 0.1) is 17.2 Å². The van der Waals surface area contributed by atoms with E-state index >= 15 is 0 Å². The molecule has 6 nitrogen and oxygen atoms in total. The van der Waals surface area contributed by atoms with E-state index in [1.54, 1.807) is 0 Å². The van der Waals surface area contributed by atoms with Gasteiger partial charge in [0.2, 0.25) is 0 Å². The number of carbonyl (C=O) groups is 2. The van der Waals surface area contributed by atoms with Crippen LogP contribution < -0.4 is 10.6 Å². The van der Waals surface area contributed by atoms with Crippen LogP contribution in [0.15, 0.2) is 30.3 Å². The number of nitrogens with zero attached hydrogens (tertiary/aromatic N) is 1. The van der Waals surface area contributed by atoms with Crippen molar-refractivity contribution in [2.45, 2.75) is 57.0 Å². The number of aliphatic carboxylic acids is 1. The Hall–Kier alpha value is -2.55. The molecule has 1 aliphatic carbocycles. The van der Waals surface area contributed by atoms with Gasteiger partial charge in [-0.05, 0) is 43.6 Å². The van der Waals surface area contributed by atoms with Crippen LogP contribution in [0.1, 0.15) is 44.1 Å². The first kappa shape index (κ1) is 18.8. The Balaban J connectivity index is 1.85. The fourth-order valence-electron chi connectivity index (χ4n) is 3.35. The van der Waals surface area contributed by atoms with Gasteiger partial charge >= 0.3 is 12.0 Å². The third kappa shape index (κ3) is 6.84. The molecule has 0 saturated heterocycles. The summed E-state index contributed by atoms with van der Waals surface area (Å²) in [6, 6.07) is 11.5. The van der Waals surface area contributed by atoms with Crippen molar-refractivity contribution >= 4 is 12.0 Å². The summed E-state index contributed by atoms with van der Waals surface area (Å²) in [6.45, 7) is 0. The predicted octanol–water partition coefficient (Wildman–Crippen LogP) is 2.84. The second-order valence-corrected chi connectivity index (χ2v) is 6.68. The molecule has 25 heavy (non-hydrogen) atoms. The number of nitrogens with one attached hydrogen (secondary N) is 2. The molecule has 0 spiro atoms. The maximum atomic E-state index is 12.3. The zero-order valence-corrected chi connectivity index (χ0v) is 14.3. The SMILES string of the molecule is N#CC[C@@H]1CC[C@H](NC(=O)NC(CCC(=O)O)Cc2ccccc2)C1. The van der Waals surface area contributed by atoms with Gasteiger partial charge in [-0.15, -0.1) is 0 Å². The van der Waals surface area contributed by atoms with Crippen LogP contribution in [0.25, 0.3) is 0 Å². The number of amides is 2. The highest BCUT2D eigenvalue weighted by atomic mass is 16.4. The van der Waals surface area contributed by atoms with Crippen molar-refractivity contribution in [2.75, 3.05) is 0 Å². The Kier molecular flexibility index (Phi) is 7.27. The van der Waals surface area contributed by atoms with Crippen molar-refractivity contribution in [2.24, 2.45) is 5.92 Å². The average molecular weight is 343 g/mol. The molecule has 1 fully saturated rings. The Morgan fingerprint density at radius 2 is 2.04 bits per heavy atom. The summed E-state index contributed by atoms with van der Waals surface area (Å²) in [4.78, 5) is 23.1. The van der Waals surface area contributed by atoms with Gasteiger partial charge in [-0.1, -0.05) is 30.3 Å². The van der Waals surface area contributed by atoms with Crippen LogP contribution in [0.3, 0.4) is 0 Å². The molecule has 1 aliphatic rings. The topological polar surface area (TPSA) is 102 Å². The van der Waals surface area contributed by atoms with E-state index in [-0.39, 0.29) is 24.5 Å². The van der Waals surface area contributed by atoms with Crippen LogP contribution in [0.4, 0.5) is 4.79 Å². The number of hydrogen-bond acceptors (Lipinski definition) is 3. The second kappa shape index (κ2) is 9.67. The summed E-state index contributed by atoms with van der Waals surface area (Å²) in [5.41, 5.74) is 1.06. The van der Waals surface area contributed by atoms with Gasteiger partial charge in [0.25, 0.3) is 0 Å². The number of carbonyl (C=O) groups excluding carboxylic acids is 1. The second-order valence-electron chi connectivity index (χ2n) is 6.68. The zero-order valence-electron chi connectivity index (χ0n) is 14.3. The quantitative estimate of drug-likeness (QED) is 0.675. The summed E-state index contributed by atoms with van der Waals surface area (Å²) in [5.74, 6) is -0.502. The minimum absolute atomic E-state index is 0.0193. The summed E-state index contributed by atoms with van der Waals surface area (Å²) < 4.78 is 0. The van der Waals surface area contributed by atoms with E-state index in [0.717, 1.165) is 24.8 Å². The summed E-state index contributed by atoms with van der Waals surface area (Å²) in [7, 11) is 0. The van der Waals surface area contributed by atoms with E-state index < -0.39 is 5.97 Å². The first-order valence-corrected chi connectivity index (χ1v) is 8.76. The number of urea groups is 1. The van der Waals surface area contributed by atoms with Crippen LogP contribution >= 0.6 is 0 Å². The molecule has 0 bridgehead atoms. The van der Waals surface area contributed by atoms with Gasteiger partial charge in [-0.25, -0.2) is 4.79 Å². The van der Waals surface area contributed by atoms with E-state index in [0.29, 0.717) is 25.2 Å². The molecule has 2 rings (SSSR count). The van der Waals surface area contributed by atoms with Crippen molar-refractivity contribution in [3.05, 3.63) is 35.9 Å². The largest absolute Gasteiger partial charge is 0.481 e. The standard InChI is InChI=1S/C19H25N3O3/c20-11-10-15-6-7-16(13-15)21-19(25)22-17(8-9-18(23)24)12-14-4-2-1-3-5-14/h1-5,15-17H,6-10,12-13H2,(H,23,24)(H2,21,22,25)/t15-,16-,17?/m0/s1. The highest BCUT2D eigenvalue weighted by molar-refractivity contribution is 5.74. The van der Waals surface area contributed by atoms with E-state index in [9.17, 15) is 9.59 Å². The van der Waals surface area contributed by atoms with Crippen molar-refractivity contribution in [3.63, 3.8) is 0 Å². The third-order valence-corrected chi connectivity index (χ3v) is 4.62. The first-order chi connectivity index (χ1) is 12.1. The van der Waals surface area contributed by atoms with Gasteiger partial charge < -0.3 is 15.7 Å². The average Bonchev–Trinajstić information content (AvgIpc) is 3.01. The molecule has 1 aromatic rings. The van der Waals surface area contributed by atoms with Crippen LogP contribution in [0.5, 0.6) is 0 Å². The smallest absolute Gasteiger partial charge is 0.315 e. The lowest BCUT2D eigenvalue weighted by atomic mass is 10.0. The Morgan fingerprint density at radius 3 is 2.72 bits per heavy atom. The fourth-order valence-corrected chi connectivity index (χ4v) is 3.35. The van der Waals surface area contributed by atoms with E-state index in [4.69, 9.17) is 10.4 Å². The maximum absolute atomic E-state index is 12.3. The molecule has 3 N–H and O–H groups in total. The van der Waals surface area contributed by atoms with Crippen molar-refractivity contribution in [1.29, 1.82) is 5.26 Å². The molecule has 1 unspecified atom stereocenters. The zero-order chi connectivity index (χ0) is 18.1. The summed E-state index contributed by atoms with van der Waals surface area (Å²) in [5, 5.41) is 23.6. The Morgan fingerprint density at radius 1 is 1.28 bits per heavy atom. The summed E-state index contributed by atoms with van der Waals surface area (Å²) >= 11 is 0. The van der Waals surface area contributed by atoms with Gasteiger partial charge in [0.05, 0.1) is 6.07 Å². The highest BCUT2D eigenvalue weighted by Gasteiger charge is 2.26. The molecule has 1 aromatic carbocycles. The number of carboxylic acids is 1. The molecule has 0 aliphatic heterocycles. The molecule has 0 radical (unpaired) electrons. The molecule has 3 atom stereocenters. The molecular formula is C19H25N3O3. The van der Waals surface area contributed by atoms with E-state index in [1.807, 2.05) is 30.3 Å². The summed E-state index contributed by atoms with van der Waals surface area (Å²) in [6.07, 6.45) is 4.23. The molecule has 134 valence electrons. The fraction of sp³-hybridized carbons (Fsp3) is 0.526. The molecule has 0 heterocycles. The van der Waals surface area contributed by atoms with Crippen molar-refractivity contribution in [3.8, 4) is 6.07 Å². The highest BCUT2D eigenvalue weighted by Crippen LogP contribution is 2.27. The monoisotopic (exact) mass is 343 g/mol. The van der Waals surface area contributed by atoms with E-state index in [1.165, 1.54) is 0 Å². The van der Waals surface area contributed by atoms with Gasteiger partial charge in [-0.2, -0.15) is 5.26 Å². The maximum Gasteiger partial charge on any atom is 0.315 e. The minimum Gasteiger partial charge on any atom is -0.481 e. The normalized spacial score (nSPS) is 20.4. The molecule has 1 saturated carbocycles. The predicted molar refractivity (Wildman–Crippen MR) is 93.8 cm³/mol. The lowest BCUT2D eigenvalue weighted by molar-refractivity contribution is -0.137. The molecule has 2 amide bonds. The molecular weight excluding hydrogens is 318 g/mol. The lowest BCUT2D eigenvalue weighted by Gasteiger charge is -2.21. The van der Waals surface area contributed by atoms with Crippen LogP contribution in [-0.4, -0.2) is 29.2 Å². The third-order valence-electron chi connectivity index (χ3n) is 4.62. The molecule has 6 heteroatoms. The number of benzene rings is 1. The van der Waals surface area contributed by atoms with Gasteiger partial charge in [0.15, 0.2) is 0 Å². The van der Waals surface area contributed by atoms with Gasteiger partial charge in [-0.3, -0.25) is 4.79 Å². The van der Waals surface area contributed by atoms with Gasteiger partial charge in [0.1, 0.15) is 0 Å². The van der Waals surface area contributed by atoms with Crippen LogP contribution in [0.2, 0.25) is 0 Å².